The number of nitrogens with zero attached hydrogens (tertiary/aromatic N) is 3. The van der Waals surface area contributed by atoms with Crippen molar-refractivity contribution in [3.63, 3.8) is 0 Å². The standard InChI is InChI=1S/C24H21N3O2/c1-3-14-27(24(28)21-13-7-10-18-9-4-5-12-20(18)21)16-22-25-23(26-29-22)19-11-6-8-17(2)15-19/h3-13,15H,1,14,16H2,2H3. The average Bonchev–Trinajstić information content (AvgIpc) is 3.21. The molecule has 144 valence electrons. The molecule has 4 aromatic rings. The summed E-state index contributed by atoms with van der Waals surface area (Å²) in [6, 6.07) is 21.5. The molecule has 3 aromatic carbocycles. The summed E-state index contributed by atoms with van der Waals surface area (Å²) in [5, 5.41) is 6.01. The highest BCUT2D eigenvalue weighted by molar-refractivity contribution is 6.07. The molecule has 0 spiro atoms. The third kappa shape index (κ3) is 3.94. The topological polar surface area (TPSA) is 59.2 Å². The zero-order valence-electron chi connectivity index (χ0n) is 16.2. The summed E-state index contributed by atoms with van der Waals surface area (Å²) in [5.74, 6) is 0.800. The summed E-state index contributed by atoms with van der Waals surface area (Å²) in [6.07, 6.45) is 1.70. The predicted molar refractivity (Wildman–Crippen MR) is 113 cm³/mol. The first-order valence-corrected chi connectivity index (χ1v) is 9.43. The fourth-order valence-electron chi connectivity index (χ4n) is 3.34. The van der Waals surface area contributed by atoms with Crippen LogP contribution in [0.3, 0.4) is 0 Å². The minimum absolute atomic E-state index is 0.1000. The molecule has 0 fully saturated rings. The Kier molecular flexibility index (Phi) is 5.20. The van der Waals surface area contributed by atoms with Gasteiger partial charge in [0.25, 0.3) is 5.91 Å². The third-order valence-corrected chi connectivity index (χ3v) is 4.73. The molecule has 0 aliphatic heterocycles. The van der Waals surface area contributed by atoms with Gasteiger partial charge in [-0.05, 0) is 29.8 Å². The molecule has 5 nitrogen and oxygen atoms in total. The van der Waals surface area contributed by atoms with Gasteiger partial charge in [-0.1, -0.05) is 71.4 Å². The molecule has 0 saturated carbocycles. The van der Waals surface area contributed by atoms with E-state index in [1.165, 1.54) is 0 Å². The van der Waals surface area contributed by atoms with Gasteiger partial charge in [0.2, 0.25) is 11.7 Å². The smallest absolute Gasteiger partial charge is 0.255 e. The number of carbonyl (C=O) groups is 1. The van der Waals surface area contributed by atoms with Crippen LogP contribution in [0.25, 0.3) is 22.2 Å². The molecule has 0 atom stereocenters. The minimum Gasteiger partial charge on any atom is -0.337 e. The van der Waals surface area contributed by atoms with Crippen molar-refractivity contribution in [3.8, 4) is 11.4 Å². The second kappa shape index (κ2) is 8.10. The van der Waals surface area contributed by atoms with Gasteiger partial charge in [-0.2, -0.15) is 4.98 Å². The summed E-state index contributed by atoms with van der Waals surface area (Å²) in [6.45, 7) is 6.39. The molecular formula is C24H21N3O2. The van der Waals surface area contributed by atoms with Gasteiger partial charge in [0.1, 0.15) is 6.54 Å². The SMILES string of the molecule is C=CCN(Cc1nc(-c2cccc(C)c2)no1)C(=O)c1cccc2ccccc12. The molecule has 0 aliphatic rings. The molecule has 29 heavy (non-hydrogen) atoms. The second-order valence-corrected chi connectivity index (χ2v) is 6.88. The molecule has 0 saturated heterocycles. The third-order valence-electron chi connectivity index (χ3n) is 4.73. The Morgan fingerprint density at radius 1 is 1.10 bits per heavy atom. The monoisotopic (exact) mass is 383 g/mol. The maximum absolute atomic E-state index is 13.3. The second-order valence-electron chi connectivity index (χ2n) is 6.88. The molecule has 1 aromatic heterocycles. The maximum Gasteiger partial charge on any atom is 0.255 e. The molecule has 0 unspecified atom stereocenters. The van der Waals surface area contributed by atoms with E-state index in [1.54, 1.807) is 11.0 Å². The Morgan fingerprint density at radius 2 is 1.90 bits per heavy atom. The Labute approximate surface area is 169 Å². The first kappa shape index (κ1) is 18.6. The summed E-state index contributed by atoms with van der Waals surface area (Å²) in [4.78, 5) is 19.4. The van der Waals surface area contributed by atoms with Crippen LogP contribution in [-0.4, -0.2) is 27.5 Å². The normalized spacial score (nSPS) is 10.8. The van der Waals surface area contributed by atoms with E-state index >= 15 is 0 Å². The highest BCUT2D eigenvalue weighted by atomic mass is 16.5. The number of hydrogen-bond donors (Lipinski definition) is 0. The minimum atomic E-state index is -0.1000. The number of aryl methyl sites for hydroxylation is 1. The van der Waals surface area contributed by atoms with Gasteiger partial charge in [-0.25, -0.2) is 0 Å². The zero-order valence-corrected chi connectivity index (χ0v) is 16.2. The number of carbonyl (C=O) groups excluding carboxylic acids is 1. The van der Waals surface area contributed by atoms with Crippen LogP contribution in [0.5, 0.6) is 0 Å². The van der Waals surface area contributed by atoms with Crippen LogP contribution >= 0.6 is 0 Å². The van der Waals surface area contributed by atoms with E-state index in [9.17, 15) is 4.79 Å². The first-order valence-electron chi connectivity index (χ1n) is 9.43. The number of hydrogen-bond acceptors (Lipinski definition) is 4. The molecule has 0 N–H and O–H groups in total. The Morgan fingerprint density at radius 3 is 2.72 bits per heavy atom. The van der Waals surface area contributed by atoms with Crippen molar-refractivity contribution in [1.82, 2.24) is 15.0 Å². The van der Waals surface area contributed by atoms with Gasteiger partial charge in [-0.3, -0.25) is 4.79 Å². The van der Waals surface area contributed by atoms with E-state index in [2.05, 4.69) is 16.7 Å². The van der Waals surface area contributed by atoms with E-state index in [0.717, 1.165) is 21.9 Å². The van der Waals surface area contributed by atoms with Crippen molar-refractivity contribution in [1.29, 1.82) is 0 Å². The van der Waals surface area contributed by atoms with Gasteiger partial charge >= 0.3 is 0 Å². The van der Waals surface area contributed by atoms with Crippen LogP contribution in [0.1, 0.15) is 21.8 Å². The van der Waals surface area contributed by atoms with Crippen molar-refractivity contribution in [3.05, 3.63) is 96.4 Å². The Balaban J connectivity index is 1.61. The lowest BCUT2D eigenvalue weighted by Crippen LogP contribution is -2.31. The van der Waals surface area contributed by atoms with Gasteiger partial charge in [-0.15, -0.1) is 6.58 Å². The molecule has 0 radical (unpaired) electrons. The van der Waals surface area contributed by atoms with E-state index < -0.39 is 0 Å². The van der Waals surface area contributed by atoms with E-state index in [-0.39, 0.29) is 12.5 Å². The lowest BCUT2D eigenvalue weighted by molar-refractivity contribution is 0.0747. The molecule has 0 bridgehead atoms. The van der Waals surface area contributed by atoms with Crippen molar-refractivity contribution in [2.24, 2.45) is 0 Å². The van der Waals surface area contributed by atoms with Crippen molar-refractivity contribution < 1.29 is 9.32 Å². The molecule has 1 heterocycles. The van der Waals surface area contributed by atoms with Gasteiger partial charge in [0.05, 0.1) is 0 Å². The number of amides is 1. The molecule has 4 rings (SSSR count). The van der Waals surface area contributed by atoms with Gasteiger partial charge in [0, 0.05) is 17.7 Å². The zero-order chi connectivity index (χ0) is 20.2. The van der Waals surface area contributed by atoms with Crippen LogP contribution in [0.2, 0.25) is 0 Å². The highest BCUT2D eigenvalue weighted by Gasteiger charge is 2.20. The van der Waals surface area contributed by atoms with Crippen LogP contribution in [0, 0.1) is 6.92 Å². The average molecular weight is 383 g/mol. The summed E-state index contributed by atoms with van der Waals surface area (Å²) in [7, 11) is 0. The summed E-state index contributed by atoms with van der Waals surface area (Å²) in [5.41, 5.74) is 2.65. The molecule has 5 heteroatoms. The lowest BCUT2D eigenvalue weighted by atomic mass is 10.0. The van der Waals surface area contributed by atoms with E-state index in [4.69, 9.17) is 4.52 Å². The van der Waals surface area contributed by atoms with E-state index in [1.807, 2.05) is 73.7 Å². The number of fused-ring (bicyclic) bond motifs is 1. The van der Waals surface area contributed by atoms with Crippen LogP contribution in [0.15, 0.2) is 83.9 Å². The number of aromatic nitrogens is 2. The van der Waals surface area contributed by atoms with Crippen LogP contribution in [-0.2, 0) is 6.54 Å². The van der Waals surface area contributed by atoms with Crippen LogP contribution < -0.4 is 0 Å². The fourth-order valence-corrected chi connectivity index (χ4v) is 3.34. The van der Waals surface area contributed by atoms with Gasteiger partial charge in [0.15, 0.2) is 0 Å². The summed E-state index contributed by atoms with van der Waals surface area (Å²) < 4.78 is 5.42. The van der Waals surface area contributed by atoms with Crippen molar-refractivity contribution in [2.45, 2.75) is 13.5 Å². The fraction of sp³-hybridized carbons (Fsp3) is 0.125. The first-order chi connectivity index (χ1) is 14.2. The Bertz CT molecular complexity index is 1170. The van der Waals surface area contributed by atoms with Crippen LogP contribution in [0.4, 0.5) is 0 Å². The highest BCUT2D eigenvalue weighted by Crippen LogP contribution is 2.22. The molecule has 1 amide bonds. The van der Waals surface area contributed by atoms with E-state index in [0.29, 0.717) is 23.8 Å². The van der Waals surface area contributed by atoms with Crippen molar-refractivity contribution in [2.75, 3.05) is 6.54 Å². The van der Waals surface area contributed by atoms with Gasteiger partial charge < -0.3 is 9.42 Å². The number of benzene rings is 3. The number of rotatable bonds is 6. The predicted octanol–water partition coefficient (Wildman–Crippen LogP) is 5.03. The maximum atomic E-state index is 13.3. The largest absolute Gasteiger partial charge is 0.337 e. The lowest BCUT2D eigenvalue weighted by Gasteiger charge is -2.20. The Hall–Kier alpha value is -3.73. The molecule has 0 aliphatic carbocycles. The van der Waals surface area contributed by atoms with Crippen molar-refractivity contribution >= 4 is 16.7 Å². The quantitative estimate of drug-likeness (QED) is 0.438. The molecular weight excluding hydrogens is 362 g/mol. The summed E-state index contributed by atoms with van der Waals surface area (Å²) >= 11 is 0.